The Balaban J connectivity index is 0.000000370. The van der Waals surface area contributed by atoms with Crippen LogP contribution >= 0.6 is 0 Å². The number of nitrogens with one attached hydrogen (secondary N) is 1. The van der Waals surface area contributed by atoms with Crippen molar-refractivity contribution >= 4 is 29.1 Å². The third kappa shape index (κ3) is 10.5. The van der Waals surface area contributed by atoms with Gasteiger partial charge in [-0.3, -0.25) is 29.4 Å². The van der Waals surface area contributed by atoms with Gasteiger partial charge in [0.25, 0.3) is 0 Å². The minimum absolute atomic E-state index is 0.0266. The van der Waals surface area contributed by atoms with Gasteiger partial charge < -0.3 is 4.90 Å². The average molecular weight is 542 g/mol. The van der Waals surface area contributed by atoms with Crippen LogP contribution in [0, 0.1) is 11.8 Å². The van der Waals surface area contributed by atoms with E-state index in [1.807, 2.05) is 12.1 Å². The van der Waals surface area contributed by atoms with Crippen LogP contribution in [0.25, 0.3) is 0 Å². The maximum atomic E-state index is 12.2. The molecule has 39 heavy (non-hydrogen) atoms. The molecule has 0 radical (unpaired) electrons. The number of carbonyl (C=O) groups is 4. The third-order valence-corrected chi connectivity index (χ3v) is 8.18. The second-order valence-electron chi connectivity index (χ2n) is 11.2. The van der Waals surface area contributed by atoms with Crippen molar-refractivity contribution < 1.29 is 19.2 Å². The van der Waals surface area contributed by atoms with Crippen molar-refractivity contribution in [1.82, 2.24) is 10.2 Å². The fourth-order valence-electron chi connectivity index (χ4n) is 5.51. The smallest absolute Gasteiger partial charge is 0.229 e. The topological polar surface area (TPSA) is 86.8 Å². The highest BCUT2D eigenvalue weighted by Crippen LogP contribution is 2.27. The van der Waals surface area contributed by atoms with Crippen LogP contribution in [0.1, 0.15) is 120 Å². The Morgan fingerprint density at radius 3 is 2.13 bits per heavy atom. The summed E-state index contributed by atoms with van der Waals surface area (Å²) < 4.78 is 0. The number of rotatable bonds is 13. The molecular formula is C32H51N3O4. The molecule has 2 saturated heterocycles. The lowest BCUT2D eigenvalue weighted by atomic mass is 9.85. The maximum absolute atomic E-state index is 12.2. The van der Waals surface area contributed by atoms with E-state index >= 15 is 0 Å². The minimum atomic E-state index is -0.125. The summed E-state index contributed by atoms with van der Waals surface area (Å²) in [4.78, 5) is 51.0. The molecule has 2 fully saturated rings. The molecule has 7 heteroatoms. The molecule has 3 rings (SSSR count). The number of benzene rings is 1. The first-order valence-electron chi connectivity index (χ1n) is 15.1. The molecular weight excluding hydrogens is 490 g/mol. The largest absolute Gasteiger partial charge is 0.368 e. The molecule has 2 atom stereocenters. The van der Waals surface area contributed by atoms with E-state index in [0.717, 1.165) is 44.7 Å². The highest BCUT2D eigenvalue weighted by molar-refractivity contribution is 6.10. The Labute approximate surface area is 236 Å². The summed E-state index contributed by atoms with van der Waals surface area (Å²) in [5, 5.41) is 2.37. The first-order chi connectivity index (χ1) is 18.7. The van der Waals surface area contributed by atoms with Gasteiger partial charge in [-0.25, -0.2) is 0 Å². The van der Waals surface area contributed by atoms with Gasteiger partial charge in [-0.05, 0) is 45.2 Å². The zero-order valence-electron chi connectivity index (χ0n) is 25.0. The molecule has 7 nitrogen and oxygen atoms in total. The van der Waals surface area contributed by atoms with E-state index in [9.17, 15) is 19.2 Å². The zero-order chi connectivity index (χ0) is 28.8. The van der Waals surface area contributed by atoms with Crippen LogP contribution in [0.3, 0.4) is 0 Å². The van der Waals surface area contributed by atoms with Crippen molar-refractivity contribution in [1.29, 1.82) is 0 Å². The molecule has 2 aliphatic rings. The van der Waals surface area contributed by atoms with Gasteiger partial charge in [-0.15, -0.1) is 0 Å². The highest BCUT2D eigenvalue weighted by Gasteiger charge is 2.29. The van der Waals surface area contributed by atoms with Gasteiger partial charge in [-0.2, -0.15) is 0 Å². The Bertz CT molecular complexity index is 953. The normalized spacial score (nSPS) is 18.7. The van der Waals surface area contributed by atoms with Gasteiger partial charge in [0.05, 0.1) is 5.56 Å². The van der Waals surface area contributed by atoms with Crippen LogP contribution < -0.4 is 10.2 Å². The number of unbranched alkanes of at least 4 members (excludes halogenated alkanes) is 6. The molecule has 2 unspecified atom stereocenters. The number of hydrogen-bond acceptors (Lipinski definition) is 6. The average Bonchev–Trinajstić information content (AvgIpc) is 2.92. The number of amides is 2. The quantitative estimate of drug-likeness (QED) is 0.186. The number of ketones is 2. The molecule has 1 aromatic carbocycles. The van der Waals surface area contributed by atoms with Crippen LogP contribution in [0.15, 0.2) is 18.2 Å². The molecule has 218 valence electrons. The molecule has 1 N–H and O–H groups in total. The molecule has 0 bridgehead atoms. The number of Topliss-reactive ketones (excluding diaryl/α,β-unsaturated/α-hetero) is 2. The number of piperazine rings is 1. The Hall–Kier alpha value is -2.54. The molecule has 0 aromatic heterocycles. The molecule has 2 amide bonds. The van der Waals surface area contributed by atoms with Crippen molar-refractivity contribution in [3.8, 4) is 0 Å². The number of carbonyl (C=O) groups excluding carboxylic acids is 4. The summed E-state index contributed by atoms with van der Waals surface area (Å²) in [5.41, 5.74) is 2.06. The van der Waals surface area contributed by atoms with Crippen molar-refractivity contribution in [2.24, 2.45) is 11.8 Å². The maximum Gasteiger partial charge on any atom is 0.229 e. The van der Waals surface area contributed by atoms with E-state index in [1.54, 1.807) is 13.0 Å². The predicted octanol–water partition coefficient (Wildman–Crippen LogP) is 6.05. The van der Waals surface area contributed by atoms with Gasteiger partial charge in [0, 0.05) is 49.8 Å². The summed E-state index contributed by atoms with van der Waals surface area (Å²) in [6.45, 7) is 14.5. The number of imide groups is 1. The first-order valence-corrected chi connectivity index (χ1v) is 15.1. The van der Waals surface area contributed by atoms with E-state index in [-0.39, 0.29) is 29.3 Å². The third-order valence-electron chi connectivity index (χ3n) is 8.18. The molecule has 0 aliphatic carbocycles. The van der Waals surface area contributed by atoms with Crippen LogP contribution in [0.2, 0.25) is 0 Å². The van der Waals surface area contributed by atoms with Crippen LogP contribution in [-0.2, 0) is 9.59 Å². The molecule has 0 spiro atoms. The van der Waals surface area contributed by atoms with Crippen molar-refractivity contribution in [3.63, 3.8) is 0 Å². The summed E-state index contributed by atoms with van der Waals surface area (Å²) in [6.07, 6.45) is 11.6. The van der Waals surface area contributed by atoms with Gasteiger partial charge in [0.2, 0.25) is 11.8 Å². The van der Waals surface area contributed by atoms with Crippen LogP contribution in [0.4, 0.5) is 5.69 Å². The molecule has 1 aromatic rings. The van der Waals surface area contributed by atoms with E-state index < -0.39 is 0 Å². The zero-order valence-corrected chi connectivity index (χ0v) is 25.0. The monoisotopic (exact) mass is 541 g/mol. The lowest BCUT2D eigenvalue weighted by molar-refractivity contribution is -0.137. The number of anilines is 1. The van der Waals surface area contributed by atoms with Crippen LogP contribution in [0.5, 0.6) is 0 Å². The lowest BCUT2D eigenvalue weighted by Crippen LogP contribution is -2.47. The molecule has 2 heterocycles. The van der Waals surface area contributed by atoms with E-state index in [0.29, 0.717) is 23.5 Å². The SMILES string of the molecule is CCC(C)C1CCC(=O)NC1=O.CCCCCCCCCN1CCN(c2cccc(C(C)=O)c2C(C)=O)CC1. The summed E-state index contributed by atoms with van der Waals surface area (Å²) in [6, 6.07) is 5.64. The van der Waals surface area contributed by atoms with Gasteiger partial charge in [-0.1, -0.05) is 77.8 Å². The summed E-state index contributed by atoms with van der Waals surface area (Å²) in [7, 11) is 0. The Kier molecular flexibility index (Phi) is 14.4. The van der Waals surface area contributed by atoms with Crippen molar-refractivity contribution in [2.75, 3.05) is 37.6 Å². The van der Waals surface area contributed by atoms with Crippen LogP contribution in [-0.4, -0.2) is 61.0 Å². The predicted molar refractivity (Wildman–Crippen MR) is 158 cm³/mol. The van der Waals surface area contributed by atoms with E-state index in [4.69, 9.17) is 0 Å². The molecule has 2 aliphatic heterocycles. The number of hydrogen-bond donors (Lipinski definition) is 1. The minimum Gasteiger partial charge on any atom is -0.368 e. The second-order valence-corrected chi connectivity index (χ2v) is 11.2. The van der Waals surface area contributed by atoms with Gasteiger partial charge in [0.15, 0.2) is 11.6 Å². The van der Waals surface area contributed by atoms with E-state index in [2.05, 4.69) is 35.9 Å². The highest BCUT2D eigenvalue weighted by atomic mass is 16.2. The number of piperidine rings is 1. The van der Waals surface area contributed by atoms with Gasteiger partial charge >= 0.3 is 0 Å². The fourth-order valence-corrected chi connectivity index (χ4v) is 5.51. The summed E-state index contributed by atoms with van der Waals surface area (Å²) in [5.74, 6) is 0.159. The fraction of sp³-hybridized carbons (Fsp3) is 0.688. The van der Waals surface area contributed by atoms with Crippen molar-refractivity contribution in [3.05, 3.63) is 29.3 Å². The standard InChI is InChI=1S/C23H36N2O2.C9H15NO2/c1-4-5-6-7-8-9-10-14-24-15-17-25(18-16-24)22-13-11-12-21(19(2)26)23(22)20(3)27;1-3-6(2)7-4-5-8(11)10-9(7)12/h11-13H,4-10,14-18H2,1-3H3;6-7H,3-5H2,1-2H3,(H,10,11,12). The number of nitrogens with zero attached hydrogens (tertiary/aromatic N) is 2. The van der Waals surface area contributed by atoms with Gasteiger partial charge in [0.1, 0.15) is 0 Å². The van der Waals surface area contributed by atoms with E-state index in [1.165, 1.54) is 58.4 Å². The Morgan fingerprint density at radius 2 is 1.56 bits per heavy atom. The Morgan fingerprint density at radius 1 is 0.923 bits per heavy atom. The first kappa shape index (κ1) is 32.7. The summed E-state index contributed by atoms with van der Waals surface area (Å²) >= 11 is 0. The lowest BCUT2D eigenvalue weighted by Gasteiger charge is -2.37. The second kappa shape index (κ2) is 17.2. The van der Waals surface area contributed by atoms with Crippen molar-refractivity contribution in [2.45, 2.75) is 98.8 Å². The molecule has 0 saturated carbocycles.